The number of amides is 2. The molecule has 2 heterocycles. The Morgan fingerprint density at radius 2 is 1.67 bits per heavy atom. The molecule has 11 heteroatoms. The van der Waals surface area contributed by atoms with Crippen LogP contribution in [0, 0.1) is 5.82 Å². The molecule has 0 aliphatic heterocycles. The number of nitrogens with two attached hydrogens (primary N) is 1. The first-order valence-electron chi connectivity index (χ1n) is 13.4. The van der Waals surface area contributed by atoms with E-state index >= 15 is 0 Å². The highest BCUT2D eigenvalue weighted by molar-refractivity contribution is 7.92. The molecule has 220 valence electrons. The molecular formula is C32H30FN5O4S. The fourth-order valence-corrected chi connectivity index (χ4v) is 5.52. The summed E-state index contributed by atoms with van der Waals surface area (Å²) in [5, 5.41) is 7.57. The zero-order valence-electron chi connectivity index (χ0n) is 23.8. The normalized spacial score (nSPS) is 11.8. The molecule has 3 aromatic carbocycles. The fourth-order valence-electron chi connectivity index (χ4n) is 4.96. The van der Waals surface area contributed by atoms with Gasteiger partial charge >= 0.3 is 0 Å². The van der Waals surface area contributed by atoms with Crippen molar-refractivity contribution in [2.75, 3.05) is 11.0 Å². The number of rotatable bonds is 9. The Bertz CT molecular complexity index is 1950. The molecule has 0 radical (unpaired) electrons. The number of carbonyl (C=O) groups is 2. The van der Waals surface area contributed by atoms with Gasteiger partial charge in [0.05, 0.1) is 40.5 Å². The molecular weight excluding hydrogens is 569 g/mol. The molecule has 0 aliphatic carbocycles. The lowest BCUT2D eigenvalue weighted by molar-refractivity contribution is 0.0911. The predicted octanol–water partition coefficient (Wildman–Crippen LogP) is 4.87. The second kappa shape index (κ2) is 11.3. The molecule has 0 saturated carbocycles. The SMILES string of the molecule is CC(C)(NC(=O)c1cccc(-c2cc3c(C(N)=O)c(Cc4ccc(F)cc4)nn3cc2NS(C)(=O)=O)c1)c1ccccc1. The number of hydrogen-bond acceptors (Lipinski definition) is 5. The number of primary amides is 1. The van der Waals surface area contributed by atoms with E-state index in [1.807, 2.05) is 44.2 Å². The Balaban J connectivity index is 1.59. The highest BCUT2D eigenvalue weighted by Crippen LogP contribution is 2.33. The van der Waals surface area contributed by atoms with Gasteiger partial charge in [-0.25, -0.2) is 17.3 Å². The number of sulfonamides is 1. The van der Waals surface area contributed by atoms with Crippen LogP contribution < -0.4 is 15.8 Å². The molecule has 0 atom stereocenters. The Morgan fingerprint density at radius 1 is 0.977 bits per heavy atom. The minimum atomic E-state index is -3.73. The molecule has 2 aromatic heterocycles. The van der Waals surface area contributed by atoms with E-state index in [9.17, 15) is 22.4 Å². The molecule has 9 nitrogen and oxygen atoms in total. The van der Waals surface area contributed by atoms with Crippen molar-refractivity contribution in [1.82, 2.24) is 14.9 Å². The number of nitrogens with one attached hydrogen (secondary N) is 2. The molecule has 43 heavy (non-hydrogen) atoms. The van der Waals surface area contributed by atoms with Crippen LogP contribution in [0.2, 0.25) is 0 Å². The summed E-state index contributed by atoms with van der Waals surface area (Å²) >= 11 is 0. The monoisotopic (exact) mass is 599 g/mol. The lowest BCUT2D eigenvalue weighted by Gasteiger charge is -2.27. The van der Waals surface area contributed by atoms with Crippen LogP contribution in [0.25, 0.3) is 16.6 Å². The van der Waals surface area contributed by atoms with E-state index in [4.69, 9.17) is 5.73 Å². The number of fused-ring (bicyclic) bond motifs is 1. The Labute approximate surface area is 248 Å². The third-order valence-electron chi connectivity index (χ3n) is 7.03. The van der Waals surface area contributed by atoms with E-state index in [0.29, 0.717) is 33.5 Å². The number of anilines is 1. The van der Waals surface area contributed by atoms with Gasteiger partial charge in [-0.05, 0) is 60.9 Å². The van der Waals surface area contributed by atoms with Crippen LogP contribution >= 0.6 is 0 Å². The van der Waals surface area contributed by atoms with Gasteiger partial charge in [-0.15, -0.1) is 0 Å². The number of carbonyl (C=O) groups excluding carboxylic acids is 2. The highest BCUT2D eigenvalue weighted by atomic mass is 32.2. The second-order valence-corrected chi connectivity index (χ2v) is 12.6. The van der Waals surface area contributed by atoms with E-state index in [1.165, 1.54) is 22.8 Å². The summed E-state index contributed by atoms with van der Waals surface area (Å²) in [5.74, 6) is -1.44. The summed E-state index contributed by atoms with van der Waals surface area (Å²) in [6.07, 6.45) is 2.67. The van der Waals surface area contributed by atoms with E-state index < -0.39 is 27.3 Å². The van der Waals surface area contributed by atoms with E-state index in [2.05, 4.69) is 15.1 Å². The van der Waals surface area contributed by atoms with Gasteiger partial charge in [0, 0.05) is 17.5 Å². The predicted molar refractivity (Wildman–Crippen MR) is 164 cm³/mol. The van der Waals surface area contributed by atoms with Crippen LogP contribution in [0.1, 0.15) is 51.4 Å². The van der Waals surface area contributed by atoms with Gasteiger partial charge in [0.2, 0.25) is 10.0 Å². The largest absolute Gasteiger partial charge is 0.365 e. The number of aromatic nitrogens is 2. The van der Waals surface area contributed by atoms with Gasteiger partial charge in [-0.2, -0.15) is 5.10 Å². The van der Waals surface area contributed by atoms with Crippen LogP contribution in [0.5, 0.6) is 0 Å². The first kappa shape index (κ1) is 29.5. The smallest absolute Gasteiger partial charge is 0.252 e. The number of halogens is 1. The molecule has 0 bridgehead atoms. The van der Waals surface area contributed by atoms with Gasteiger partial charge in [-0.3, -0.25) is 14.3 Å². The number of benzene rings is 3. The third-order valence-corrected chi connectivity index (χ3v) is 7.62. The van der Waals surface area contributed by atoms with E-state index in [0.717, 1.165) is 11.8 Å². The summed E-state index contributed by atoms with van der Waals surface area (Å²) < 4.78 is 42.0. The van der Waals surface area contributed by atoms with Gasteiger partial charge in [0.25, 0.3) is 11.8 Å². The number of hydrogen-bond donors (Lipinski definition) is 3. The molecule has 0 fully saturated rings. The molecule has 4 N–H and O–H groups in total. The average Bonchev–Trinajstić information content (AvgIpc) is 3.30. The van der Waals surface area contributed by atoms with E-state index in [1.54, 1.807) is 42.5 Å². The maximum Gasteiger partial charge on any atom is 0.252 e. The van der Waals surface area contributed by atoms with Crippen LogP contribution in [0.4, 0.5) is 10.1 Å². The lowest BCUT2D eigenvalue weighted by Crippen LogP contribution is -2.40. The van der Waals surface area contributed by atoms with Crippen molar-refractivity contribution in [2.24, 2.45) is 5.73 Å². The van der Waals surface area contributed by atoms with Gasteiger partial charge in [0.15, 0.2) is 0 Å². The van der Waals surface area contributed by atoms with Crippen molar-refractivity contribution in [1.29, 1.82) is 0 Å². The molecule has 5 aromatic rings. The zero-order chi connectivity index (χ0) is 30.9. The first-order chi connectivity index (χ1) is 20.3. The summed E-state index contributed by atoms with van der Waals surface area (Å²) in [7, 11) is -3.73. The summed E-state index contributed by atoms with van der Waals surface area (Å²) in [4.78, 5) is 26.0. The molecule has 0 unspecified atom stereocenters. The molecule has 0 spiro atoms. The first-order valence-corrected chi connectivity index (χ1v) is 15.3. The Hall–Kier alpha value is -5.03. The van der Waals surface area contributed by atoms with Crippen LogP contribution in [-0.4, -0.2) is 36.1 Å². The van der Waals surface area contributed by atoms with Crippen molar-refractivity contribution < 1.29 is 22.4 Å². The van der Waals surface area contributed by atoms with Gasteiger partial charge in [-0.1, -0.05) is 54.6 Å². The quantitative estimate of drug-likeness (QED) is 0.222. The summed E-state index contributed by atoms with van der Waals surface area (Å²) in [5.41, 5.74) is 9.07. The second-order valence-electron chi connectivity index (χ2n) is 10.8. The average molecular weight is 600 g/mol. The van der Waals surface area contributed by atoms with Crippen molar-refractivity contribution in [3.05, 3.63) is 125 Å². The minimum Gasteiger partial charge on any atom is -0.365 e. The topological polar surface area (TPSA) is 136 Å². The Kier molecular flexibility index (Phi) is 7.76. The number of pyridine rings is 1. The third kappa shape index (κ3) is 6.57. The van der Waals surface area contributed by atoms with Crippen molar-refractivity contribution in [3.8, 4) is 11.1 Å². The number of nitrogens with zero attached hydrogens (tertiary/aromatic N) is 2. The van der Waals surface area contributed by atoms with Gasteiger partial charge in [0.1, 0.15) is 5.82 Å². The lowest BCUT2D eigenvalue weighted by atomic mass is 9.93. The van der Waals surface area contributed by atoms with Crippen LogP contribution in [0.15, 0.2) is 91.1 Å². The fraction of sp³-hybridized carbons (Fsp3) is 0.156. The van der Waals surface area contributed by atoms with Crippen molar-refractivity contribution in [2.45, 2.75) is 25.8 Å². The Morgan fingerprint density at radius 3 is 2.33 bits per heavy atom. The molecule has 0 saturated heterocycles. The van der Waals surface area contributed by atoms with E-state index in [-0.39, 0.29) is 23.6 Å². The summed E-state index contributed by atoms with van der Waals surface area (Å²) in [6, 6.07) is 23.7. The standard InChI is InChI=1S/C32H30FN5O4S/c1-32(2,23-10-5-4-6-11-23)35-31(40)22-9-7-8-21(17-22)25-18-28-29(30(34)39)26(16-20-12-14-24(33)15-13-20)36-38(28)19-27(25)37-43(3,41)42/h4-15,17-19,37H,16H2,1-3H3,(H2,34,39)(H,35,40). The zero-order valence-corrected chi connectivity index (χ0v) is 24.6. The molecule has 5 rings (SSSR count). The van der Waals surface area contributed by atoms with Crippen molar-refractivity contribution >= 4 is 33.0 Å². The maximum absolute atomic E-state index is 13.4. The minimum absolute atomic E-state index is 0.148. The van der Waals surface area contributed by atoms with Crippen LogP contribution in [0.3, 0.4) is 0 Å². The van der Waals surface area contributed by atoms with Gasteiger partial charge < -0.3 is 11.1 Å². The van der Waals surface area contributed by atoms with Crippen LogP contribution in [-0.2, 0) is 22.0 Å². The summed E-state index contributed by atoms with van der Waals surface area (Å²) in [6.45, 7) is 3.81. The van der Waals surface area contributed by atoms with Crippen molar-refractivity contribution in [3.63, 3.8) is 0 Å². The molecule has 2 amide bonds. The highest BCUT2D eigenvalue weighted by Gasteiger charge is 2.25. The maximum atomic E-state index is 13.4. The molecule has 0 aliphatic rings.